The van der Waals surface area contributed by atoms with Crippen LogP contribution in [0.5, 0.6) is 0 Å². The molecular formula is C12H24O2. The molecule has 0 aliphatic rings. The summed E-state index contributed by atoms with van der Waals surface area (Å²) >= 11 is 0. The van der Waals surface area contributed by atoms with Crippen LogP contribution in [-0.2, 0) is 9.53 Å². The SMILES string of the molecule is CCCCCC(=O)CCCOCCC. The summed E-state index contributed by atoms with van der Waals surface area (Å²) in [5.41, 5.74) is 0. The molecule has 0 heterocycles. The van der Waals surface area contributed by atoms with Crippen LogP contribution < -0.4 is 0 Å². The zero-order valence-corrected chi connectivity index (χ0v) is 9.68. The number of unbranched alkanes of at least 4 members (excludes halogenated alkanes) is 2. The number of carbonyl (C=O) groups is 1. The third kappa shape index (κ3) is 9.72. The van der Waals surface area contributed by atoms with Crippen molar-refractivity contribution in [1.29, 1.82) is 0 Å². The smallest absolute Gasteiger partial charge is 0.132 e. The summed E-state index contributed by atoms with van der Waals surface area (Å²) in [5, 5.41) is 0. The van der Waals surface area contributed by atoms with Crippen molar-refractivity contribution >= 4 is 5.78 Å². The number of Topliss-reactive ketones (excluding diaryl/α,β-unsaturated/α-hetero) is 1. The highest BCUT2D eigenvalue weighted by Gasteiger charge is 2.00. The molecule has 0 bridgehead atoms. The fourth-order valence-corrected chi connectivity index (χ4v) is 1.31. The van der Waals surface area contributed by atoms with Gasteiger partial charge in [-0.25, -0.2) is 0 Å². The molecule has 2 nitrogen and oxygen atoms in total. The van der Waals surface area contributed by atoms with E-state index < -0.39 is 0 Å². The molecule has 0 fully saturated rings. The number of rotatable bonds is 10. The molecule has 0 amide bonds. The van der Waals surface area contributed by atoms with Crippen molar-refractivity contribution < 1.29 is 9.53 Å². The van der Waals surface area contributed by atoms with Gasteiger partial charge in [0.25, 0.3) is 0 Å². The van der Waals surface area contributed by atoms with E-state index in [1.807, 2.05) is 0 Å². The minimum absolute atomic E-state index is 0.401. The van der Waals surface area contributed by atoms with Gasteiger partial charge in [0, 0.05) is 26.1 Å². The molecule has 0 aliphatic carbocycles. The molecular weight excluding hydrogens is 176 g/mol. The Kier molecular flexibility index (Phi) is 10.4. The largest absolute Gasteiger partial charge is 0.381 e. The van der Waals surface area contributed by atoms with Crippen LogP contribution in [0.15, 0.2) is 0 Å². The normalized spacial score (nSPS) is 10.4. The summed E-state index contributed by atoms with van der Waals surface area (Å²) in [7, 11) is 0. The molecule has 0 unspecified atom stereocenters. The number of carbonyl (C=O) groups excluding carboxylic acids is 1. The van der Waals surface area contributed by atoms with E-state index in [-0.39, 0.29) is 0 Å². The van der Waals surface area contributed by atoms with Crippen molar-refractivity contribution in [3.63, 3.8) is 0 Å². The first-order chi connectivity index (χ1) is 6.81. The lowest BCUT2D eigenvalue weighted by Gasteiger charge is -2.02. The molecule has 0 spiro atoms. The molecule has 0 rings (SSSR count). The summed E-state index contributed by atoms with van der Waals surface area (Å²) in [4.78, 5) is 11.3. The van der Waals surface area contributed by atoms with E-state index in [4.69, 9.17) is 4.74 Å². The van der Waals surface area contributed by atoms with Crippen molar-refractivity contribution in [2.24, 2.45) is 0 Å². The average Bonchev–Trinajstić information content (AvgIpc) is 2.18. The molecule has 2 heteroatoms. The predicted octanol–water partition coefficient (Wildman–Crippen LogP) is 3.34. The standard InChI is InChI=1S/C12H24O2/c1-3-5-6-8-12(13)9-7-11-14-10-4-2/h3-11H2,1-2H3. The minimum Gasteiger partial charge on any atom is -0.381 e. The van der Waals surface area contributed by atoms with Crippen LogP contribution in [0.3, 0.4) is 0 Å². The van der Waals surface area contributed by atoms with Gasteiger partial charge in [-0.2, -0.15) is 0 Å². The van der Waals surface area contributed by atoms with Gasteiger partial charge in [-0.15, -0.1) is 0 Å². The lowest BCUT2D eigenvalue weighted by Crippen LogP contribution is -2.02. The van der Waals surface area contributed by atoms with Crippen LogP contribution >= 0.6 is 0 Å². The van der Waals surface area contributed by atoms with E-state index in [0.717, 1.165) is 38.9 Å². The van der Waals surface area contributed by atoms with E-state index in [1.54, 1.807) is 0 Å². The van der Waals surface area contributed by atoms with Crippen LogP contribution in [0.2, 0.25) is 0 Å². The van der Waals surface area contributed by atoms with E-state index in [2.05, 4.69) is 13.8 Å². The van der Waals surface area contributed by atoms with Gasteiger partial charge in [-0.3, -0.25) is 4.79 Å². The van der Waals surface area contributed by atoms with Crippen LogP contribution in [0.1, 0.15) is 58.8 Å². The van der Waals surface area contributed by atoms with Crippen LogP contribution in [-0.4, -0.2) is 19.0 Å². The zero-order valence-electron chi connectivity index (χ0n) is 9.68. The van der Waals surface area contributed by atoms with Gasteiger partial charge < -0.3 is 4.74 Å². The second-order valence-corrected chi connectivity index (χ2v) is 3.71. The van der Waals surface area contributed by atoms with Gasteiger partial charge in [0.15, 0.2) is 0 Å². The molecule has 0 N–H and O–H groups in total. The lowest BCUT2D eigenvalue weighted by molar-refractivity contribution is -0.119. The van der Waals surface area contributed by atoms with E-state index in [0.29, 0.717) is 12.2 Å². The van der Waals surface area contributed by atoms with Crippen LogP contribution in [0.4, 0.5) is 0 Å². The number of hydrogen-bond acceptors (Lipinski definition) is 2. The Labute approximate surface area is 88.0 Å². The predicted molar refractivity (Wildman–Crippen MR) is 59.5 cm³/mol. The Balaban J connectivity index is 3.10. The first-order valence-corrected chi connectivity index (χ1v) is 5.90. The number of hydrogen-bond donors (Lipinski definition) is 0. The molecule has 0 radical (unpaired) electrons. The summed E-state index contributed by atoms with van der Waals surface area (Å²) < 4.78 is 5.31. The monoisotopic (exact) mass is 200 g/mol. The van der Waals surface area contributed by atoms with Crippen LogP contribution in [0.25, 0.3) is 0 Å². The Morgan fingerprint density at radius 3 is 2.29 bits per heavy atom. The number of ketones is 1. The Hall–Kier alpha value is -0.370. The second kappa shape index (κ2) is 10.7. The van der Waals surface area contributed by atoms with Gasteiger partial charge in [-0.05, 0) is 19.3 Å². The van der Waals surface area contributed by atoms with Gasteiger partial charge in [0.1, 0.15) is 5.78 Å². The van der Waals surface area contributed by atoms with Crippen molar-refractivity contribution in [3.8, 4) is 0 Å². The van der Waals surface area contributed by atoms with Crippen molar-refractivity contribution in [3.05, 3.63) is 0 Å². The fraction of sp³-hybridized carbons (Fsp3) is 0.917. The summed E-state index contributed by atoms with van der Waals surface area (Å²) in [6.07, 6.45) is 6.85. The minimum atomic E-state index is 0.401. The summed E-state index contributed by atoms with van der Waals surface area (Å²) in [5.74, 6) is 0.401. The molecule has 0 aromatic carbocycles. The summed E-state index contributed by atoms with van der Waals surface area (Å²) in [6, 6.07) is 0. The Morgan fingerprint density at radius 1 is 0.929 bits per heavy atom. The maximum atomic E-state index is 11.3. The second-order valence-electron chi connectivity index (χ2n) is 3.71. The molecule has 0 aromatic heterocycles. The molecule has 0 aliphatic heterocycles. The van der Waals surface area contributed by atoms with Crippen molar-refractivity contribution in [2.75, 3.05) is 13.2 Å². The lowest BCUT2D eigenvalue weighted by atomic mass is 10.1. The van der Waals surface area contributed by atoms with Gasteiger partial charge in [0.05, 0.1) is 0 Å². The molecule has 84 valence electrons. The molecule has 14 heavy (non-hydrogen) atoms. The quantitative estimate of drug-likeness (QED) is 0.505. The molecule has 0 saturated heterocycles. The maximum absolute atomic E-state index is 11.3. The maximum Gasteiger partial charge on any atom is 0.132 e. The average molecular weight is 200 g/mol. The summed E-state index contributed by atoms with van der Waals surface area (Å²) in [6.45, 7) is 5.82. The highest BCUT2D eigenvalue weighted by atomic mass is 16.5. The van der Waals surface area contributed by atoms with E-state index in [1.165, 1.54) is 12.8 Å². The molecule has 0 atom stereocenters. The van der Waals surface area contributed by atoms with Gasteiger partial charge in [0.2, 0.25) is 0 Å². The third-order valence-corrected chi connectivity index (χ3v) is 2.15. The Morgan fingerprint density at radius 2 is 1.64 bits per heavy atom. The van der Waals surface area contributed by atoms with E-state index in [9.17, 15) is 4.79 Å². The van der Waals surface area contributed by atoms with Gasteiger partial charge >= 0.3 is 0 Å². The Bertz CT molecular complexity index is 132. The first-order valence-electron chi connectivity index (χ1n) is 5.90. The third-order valence-electron chi connectivity index (χ3n) is 2.15. The first kappa shape index (κ1) is 13.6. The molecule has 0 aromatic rings. The highest BCUT2D eigenvalue weighted by Crippen LogP contribution is 2.03. The van der Waals surface area contributed by atoms with E-state index >= 15 is 0 Å². The number of ether oxygens (including phenoxy) is 1. The van der Waals surface area contributed by atoms with Crippen molar-refractivity contribution in [1.82, 2.24) is 0 Å². The molecule has 0 saturated carbocycles. The fourth-order valence-electron chi connectivity index (χ4n) is 1.31. The van der Waals surface area contributed by atoms with Crippen LogP contribution in [0, 0.1) is 0 Å². The highest BCUT2D eigenvalue weighted by molar-refractivity contribution is 5.78. The topological polar surface area (TPSA) is 26.3 Å². The zero-order chi connectivity index (χ0) is 10.6. The van der Waals surface area contributed by atoms with Crippen molar-refractivity contribution in [2.45, 2.75) is 58.8 Å². The van der Waals surface area contributed by atoms with Gasteiger partial charge in [-0.1, -0.05) is 26.7 Å².